The lowest BCUT2D eigenvalue weighted by atomic mass is 10.1. The highest BCUT2D eigenvalue weighted by Gasteiger charge is 2.10. The van der Waals surface area contributed by atoms with E-state index in [9.17, 15) is 14.3 Å². The molecule has 0 saturated heterocycles. The summed E-state index contributed by atoms with van der Waals surface area (Å²) in [7, 11) is 1.86. The quantitative estimate of drug-likeness (QED) is 0.660. The van der Waals surface area contributed by atoms with Gasteiger partial charge in [-0.15, -0.1) is 0 Å². The first-order valence-corrected chi connectivity index (χ1v) is 8.43. The Morgan fingerprint density at radius 1 is 1.15 bits per heavy atom. The Morgan fingerprint density at radius 3 is 2.54 bits per heavy atom. The zero-order valence-corrected chi connectivity index (χ0v) is 15.0. The molecule has 2 aromatic carbocycles. The zero-order valence-electron chi connectivity index (χ0n) is 15.0. The molecule has 1 atom stereocenters. The Labute approximate surface area is 153 Å². The average molecular weight is 361 g/mol. The monoisotopic (exact) mass is 361 g/mol. The van der Waals surface area contributed by atoms with Gasteiger partial charge >= 0.3 is 0 Å². The van der Waals surface area contributed by atoms with Crippen LogP contribution in [0.25, 0.3) is 0 Å². The summed E-state index contributed by atoms with van der Waals surface area (Å²) >= 11 is 0. The Balaban J connectivity index is 1.66. The molecule has 0 heterocycles. The number of benzene rings is 2. The second-order valence-electron chi connectivity index (χ2n) is 6.11. The van der Waals surface area contributed by atoms with Crippen molar-refractivity contribution in [3.8, 4) is 11.5 Å². The van der Waals surface area contributed by atoms with Gasteiger partial charge in [0, 0.05) is 24.7 Å². The van der Waals surface area contributed by atoms with Crippen molar-refractivity contribution < 1.29 is 23.8 Å². The van der Waals surface area contributed by atoms with Crippen LogP contribution in [0.3, 0.4) is 0 Å². The lowest BCUT2D eigenvalue weighted by Gasteiger charge is -2.21. The Morgan fingerprint density at radius 2 is 1.88 bits per heavy atom. The predicted molar refractivity (Wildman–Crippen MR) is 97.3 cm³/mol. The summed E-state index contributed by atoms with van der Waals surface area (Å²) in [5.74, 6) is 0.751. The van der Waals surface area contributed by atoms with Crippen LogP contribution in [0.2, 0.25) is 0 Å². The van der Waals surface area contributed by atoms with Crippen molar-refractivity contribution in [3.63, 3.8) is 0 Å². The second kappa shape index (κ2) is 9.89. The summed E-state index contributed by atoms with van der Waals surface area (Å²) in [6, 6.07) is 12.8. The van der Waals surface area contributed by atoms with Crippen LogP contribution in [0, 0.1) is 5.82 Å². The van der Waals surface area contributed by atoms with Gasteiger partial charge in [0.15, 0.2) is 5.78 Å². The highest BCUT2D eigenvalue weighted by atomic mass is 19.1. The lowest BCUT2D eigenvalue weighted by molar-refractivity contribution is 0.0722. The number of carbonyl (C=O) groups excluding carboxylic acids is 1. The maximum Gasteiger partial charge on any atom is 0.159 e. The number of carbonyl (C=O) groups is 1. The Hall–Kier alpha value is -2.44. The molecule has 5 nitrogen and oxygen atoms in total. The Kier molecular flexibility index (Phi) is 7.56. The molecule has 0 spiro atoms. The van der Waals surface area contributed by atoms with E-state index in [0.717, 1.165) is 0 Å². The topological polar surface area (TPSA) is 59.0 Å². The van der Waals surface area contributed by atoms with Crippen molar-refractivity contribution in [1.82, 2.24) is 4.90 Å². The summed E-state index contributed by atoms with van der Waals surface area (Å²) < 4.78 is 24.1. The molecule has 0 radical (unpaired) electrons. The second-order valence-corrected chi connectivity index (χ2v) is 6.11. The van der Waals surface area contributed by atoms with Crippen molar-refractivity contribution in [1.29, 1.82) is 0 Å². The highest BCUT2D eigenvalue weighted by Crippen LogP contribution is 2.13. The van der Waals surface area contributed by atoms with E-state index < -0.39 is 6.10 Å². The maximum absolute atomic E-state index is 13.1. The van der Waals surface area contributed by atoms with E-state index in [2.05, 4.69) is 0 Å². The third-order valence-corrected chi connectivity index (χ3v) is 3.76. The fraction of sp³-hybridized carbons (Fsp3) is 0.350. The molecule has 1 unspecified atom stereocenters. The van der Waals surface area contributed by atoms with E-state index in [1.165, 1.54) is 19.1 Å². The molecule has 2 rings (SSSR count). The lowest BCUT2D eigenvalue weighted by Crippen LogP contribution is -2.35. The summed E-state index contributed by atoms with van der Waals surface area (Å²) in [6.07, 6.45) is -0.665. The van der Waals surface area contributed by atoms with Crippen molar-refractivity contribution in [2.75, 3.05) is 33.4 Å². The van der Waals surface area contributed by atoms with Gasteiger partial charge in [-0.05, 0) is 50.4 Å². The number of halogens is 1. The van der Waals surface area contributed by atoms with E-state index in [1.807, 2.05) is 11.9 Å². The first-order valence-electron chi connectivity index (χ1n) is 8.43. The number of hydrogen-bond donors (Lipinski definition) is 1. The summed E-state index contributed by atoms with van der Waals surface area (Å²) in [4.78, 5) is 13.1. The number of likely N-dealkylation sites (N-methyl/N-ethyl adjacent to an activating group) is 1. The summed E-state index contributed by atoms with van der Waals surface area (Å²) in [5, 5.41) is 10.1. The maximum atomic E-state index is 13.1. The fourth-order valence-electron chi connectivity index (χ4n) is 2.36. The standard InChI is InChI=1S/C20H24FNO4/c1-15(23)16-6-8-19(9-7-16)26-14-18(24)13-22(2)10-11-25-20-5-3-4-17(21)12-20/h3-9,12,18,24H,10-11,13-14H2,1-2H3. The number of ketones is 1. The molecule has 6 heteroatoms. The van der Waals surface area contributed by atoms with Gasteiger partial charge in [0.25, 0.3) is 0 Å². The van der Waals surface area contributed by atoms with Crippen molar-refractivity contribution in [3.05, 3.63) is 59.9 Å². The minimum atomic E-state index is -0.665. The van der Waals surface area contributed by atoms with E-state index in [-0.39, 0.29) is 18.2 Å². The molecular weight excluding hydrogens is 337 g/mol. The van der Waals surface area contributed by atoms with Gasteiger partial charge in [0.2, 0.25) is 0 Å². The average Bonchev–Trinajstić information content (AvgIpc) is 2.60. The van der Waals surface area contributed by atoms with Crippen LogP contribution in [-0.2, 0) is 0 Å². The molecule has 0 aliphatic rings. The molecule has 0 amide bonds. The van der Waals surface area contributed by atoms with E-state index in [0.29, 0.717) is 36.8 Å². The van der Waals surface area contributed by atoms with Gasteiger partial charge in [0.05, 0.1) is 0 Å². The fourth-order valence-corrected chi connectivity index (χ4v) is 2.36. The first kappa shape index (κ1) is 19.9. The van der Waals surface area contributed by atoms with Crippen molar-refractivity contribution in [2.24, 2.45) is 0 Å². The molecule has 1 N–H and O–H groups in total. The molecule has 140 valence electrons. The van der Waals surface area contributed by atoms with Crippen molar-refractivity contribution >= 4 is 5.78 Å². The van der Waals surface area contributed by atoms with Crippen molar-refractivity contribution in [2.45, 2.75) is 13.0 Å². The third kappa shape index (κ3) is 6.82. The number of aliphatic hydroxyl groups is 1. The number of ether oxygens (including phenoxy) is 2. The highest BCUT2D eigenvalue weighted by molar-refractivity contribution is 5.94. The molecule has 2 aromatic rings. The molecule has 0 fully saturated rings. The summed E-state index contributed by atoms with van der Waals surface area (Å²) in [5.41, 5.74) is 0.621. The Bertz CT molecular complexity index is 705. The normalized spacial score (nSPS) is 12.0. The molecule has 0 aliphatic heterocycles. The number of hydrogen-bond acceptors (Lipinski definition) is 5. The smallest absolute Gasteiger partial charge is 0.159 e. The van der Waals surface area contributed by atoms with Gasteiger partial charge < -0.3 is 19.5 Å². The molecule has 0 aromatic heterocycles. The van der Waals surface area contributed by atoms with Crippen LogP contribution in [0.4, 0.5) is 4.39 Å². The van der Waals surface area contributed by atoms with Gasteiger partial charge in [-0.3, -0.25) is 4.79 Å². The van der Waals surface area contributed by atoms with Crippen LogP contribution in [0.1, 0.15) is 17.3 Å². The summed E-state index contributed by atoms with van der Waals surface area (Å²) in [6.45, 7) is 3.04. The van der Waals surface area contributed by atoms with Crippen LogP contribution in [0.15, 0.2) is 48.5 Å². The minimum Gasteiger partial charge on any atom is -0.492 e. The largest absolute Gasteiger partial charge is 0.492 e. The SMILES string of the molecule is CC(=O)c1ccc(OCC(O)CN(C)CCOc2cccc(F)c2)cc1. The predicted octanol–water partition coefficient (Wildman–Crippen LogP) is 2.78. The molecule has 26 heavy (non-hydrogen) atoms. The molecule has 0 bridgehead atoms. The number of rotatable bonds is 10. The van der Waals surface area contributed by atoms with Gasteiger partial charge in [-0.2, -0.15) is 0 Å². The molecule has 0 saturated carbocycles. The third-order valence-electron chi connectivity index (χ3n) is 3.76. The first-order chi connectivity index (χ1) is 12.4. The molecular formula is C20H24FNO4. The number of Topliss-reactive ketones (excluding diaryl/α,β-unsaturated/α-hetero) is 1. The van der Waals surface area contributed by atoms with Gasteiger partial charge in [-0.25, -0.2) is 4.39 Å². The van der Waals surface area contributed by atoms with Crippen LogP contribution < -0.4 is 9.47 Å². The van der Waals surface area contributed by atoms with E-state index in [4.69, 9.17) is 9.47 Å². The minimum absolute atomic E-state index is 0.00123. The van der Waals surface area contributed by atoms with Crippen LogP contribution in [0.5, 0.6) is 11.5 Å². The van der Waals surface area contributed by atoms with Gasteiger partial charge in [-0.1, -0.05) is 6.07 Å². The zero-order chi connectivity index (χ0) is 18.9. The molecule has 0 aliphatic carbocycles. The van der Waals surface area contributed by atoms with E-state index in [1.54, 1.807) is 36.4 Å². The number of nitrogens with zero attached hydrogens (tertiary/aromatic N) is 1. The van der Waals surface area contributed by atoms with E-state index >= 15 is 0 Å². The number of aliphatic hydroxyl groups excluding tert-OH is 1. The van der Waals surface area contributed by atoms with Gasteiger partial charge in [0.1, 0.15) is 36.6 Å². The van der Waals surface area contributed by atoms with Crippen LogP contribution >= 0.6 is 0 Å². The van der Waals surface area contributed by atoms with Crippen LogP contribution in [-0.4, -0.2) is 55.2 Å².